The van der Waals surface area contributed by atoms with Gasteiger partial charge in [0.1, 0.15) is 0 Å². The van der Waals surface area contributed by atoms with E-state index < -0.39 is 0 Å². The summed E-state index contributed by atoms with van der Waals surface area (Å²) < 4.78 is 0. The molecule has 0 aromatic rings. The lowest BCUT2D eigenvalue weighted by atomic mass is 9.56. The standard InChI is InChI=1S/C23H46/c1-11-23(10,17-21(5,6)7)19-14-12-13-18(15-19)22(8,9)16-20(2,3)4/h18-19H,11-17H2,1-10H3. The molecule has 23 heavy (non-hydrogen) atoms. The lowest BCUT2D eigenvalue weighted by Gasteiger charge is -2.49. The molecular formula is C23H46. The van der Waals surface area contributed by atoms with Crippen LogP contribution in [-0.4, -0.2) is 0 Å². The highest BCUT2D eigenvalue weighted by Gasteiger charge is 2.42. The maximum Gasteiger partial charge on any atom is -0.0295 e. The van der Waals surface area contributed by atoms with Crippen LogP contribution >= 0.6 is 0 Å². The quantitative estimate of drug-likeness (QED) is 0.479. The zero-order chi connectivity index (χ0) is 18.1. The van der Waals surface area contributed by atoms with Crippen LogP contribution in [0.25, 0.3) is 0 Å². The molecule has 0 saturated heterocycles. The van der Waals surface area contributed by atoms with Gasteiger partial charge >= 0.3 is 0 Å². The molecule has 1 fully saturated rings. The molecule has 0 amide bonds. The molecule has 0 bridgehead atoms. The Morgan fingerprint density at radius 2 is 1.17 bits per heavy atom. The molecule has 0 spiro atoms. The summed E-state index contributed by atoms with van der Waals surface area (Å²) in [6.07, 6.45) is 9.87. The van der Waals surface area contributed by atoms with E-state index in [-0.39, 0.29) is 0 Å². The molecule has 1 saturated carbocycles. The van der Waals surface area contributed by atoms with Crippen molar-refractivity contribution in [3.63, 3.8) is 0 Å². The molecule has 1 aliphatic carbocycles. The van der Waals surface area contributed by atoms with Crippen LogP contribution in [0.2, 0.25) is 0 Å². The second-order valence-corrected chi connectivity index (χ2v) is 12.0. The first-order valence-electron chi connectivity index (χ1n) is 10.2. The summed E-state index contributed by atoms with van der Waals surface area (Å²) in [4.78, 5) is 0. The number of hydrogen-bond acceptors (Lipinski definition) is 0. The van der Waals surface area contributed by atoms with Crippen molar-refractivity contribution in [1.29, 1.82) is 0 Å². The van der Waals surface area contributed by atoms with Crippen LogP contribution in [0.3, 0.4) is 0 Å². The molecule has 3 atom stereocenters. The van der Waals surface area contributed by atoms with Gasteiger partial charge in [-0.25, -0.2) is 0 Å². The second kappa shape index (κ2) is 7.09. The fourth-order valence-corrected chi connectivity index (χ4v) is 5.81. The second-order valence-electron chi connectivity index (χ2n) is 12.0. The minimum atomic E-state index is 0.440. The molecule has 0 N–H and O–H groups in total. The molecule has 0 aliphatic heterocycles. The topological polar surface area (TPSA) is 0 Å². The van der Waals surface area contributed by atoms with Gasteiger partial charge in [-0.3, -0.25) is 0 Å². The van der Waals surface area contributed by atoms with Crippen molar-refractivity contribution in [2.24, 2.45) is 33.5 Å². The molecule has 0 nitrogen and oxygen atoms in total. The van der Waals surface area contributed by atoms with E-state index in [0.29, 0.717) is 21.7 Å². The van der Waals surface area contributed by atoms with E-state index in [2.05, 4.69) is 69.2 Å². The van der Waals surface area contributed by atoms with Crippen molar-refractivity contribution < 1.29 is 0 Å². The van der Waals surface area contributed by atoms with Crippen molar-refractivity contribution in [2.45, 2.75) is 114 Å². The summed E-state index contributed by atoms with van der Waals surface area (Å²) >= 11 is 0. The Kier molecular flexibility index (Phi) is 6.48. The molecule has 0 heterocycles. The summed E-state index contributed by atoms with van der Waals surface area (Å²) in [6.45, 7) is 24.6. The maximum absolute atomic E-state index is 2.59. The van der Waals surface area contributed by atoms with Gasteiger partial charge in [-0.1, -0.05) is 82.1 Å². The summed E-state index contributed by atoms with van der Waals surface area (Å²) in [7, 11) is 0. The molecular weight excluding hydrogens is 276 g/mol. The smallest absolute Gasteiger partial charge is 0.0295 e. The Labute approximate surface area is 148 Å². The molecule has 1 rings (SSSR count). The van der Waals surface area contributed by atoms with Crippen LogP contribution in [0.15, 0.2) is 0 Å². The third kappa shape index (κ3) is 6.43. The third-order valence-corrected chi connectivity index (χ3v) is 6.49. The fourth-order valence-electron chi connectivity index (χ4n) is 5.81. The maximum atomic E-state index is 2.59. The Balaban J connectivity index is 2.88. The van der Waals surface area contributed by atoms with Gasteiger partial charge in [0.05, 0.1) is 0 Å². The first-order chi connectivity index (χ1) is 10.2. The summed E-state index contributed by atoms with van der Waals surface area (Å²) in [5.41, 5.74) is 1.89. The van der Waals surface area contributed by atoms with Gasteiger partial charge in [0.15, 0.2) is 0 Å². The lowest BCUT2D eigenvalue weighted by Crippen LogP contribution is -2.39. The van der Waals surface area contributed by atoms with Crippen molar-refractivity contribution in [3.8, 4) is 0 Å². The van der Waals surface area contributed by atoms with E-state index in [1.165, 1.54) is 44.9 Å². The molecule has 0 aromatic carbocycles. The van der Waals surface area contributed by atoms with Gasteiger partial charge in [0.2, 0.25) is 0 Å². The van der Waals surface area contributed by atoms with Gasteiger partial charge in [-0.15, -0.1) is 0 Å². The van der Waals surface area contributed by atoms with Gasteiger partial charge in [0, 0.05) is 0 Å². The van der Waals surface area contributed by atoms with Crippen molar-refractivity contribution in [3.05, 3.63) is 0 Å². The predicted molar refractivity (Wildman–Crippen MR) is 106 cm³/mol. The SMILES string of the molecule is CCC(C)(CC(C)(C)C)C1CCCC(C(C)(C)CC(C)(C)C)C1. The Hall–Kier alpha value is 0. The highest BCUT2D eigenvalue weighted by molar-refractivity contribution is 4.93. The fraction of sp³-hybridized carbons (Fsp3) is 1.00. The predicted octanol–water partition coefficient (Wildman–Crippen LogP) is 8.11. The lowest BCUT2D eigenvalue weighted by molar-refractivity contribution is 0.0143. The van der Waals surface area contributed by atoms with E-state index >= 15 is 0 Å². The number of rotatable bonds is 5. The summed E-state index contributed by atoms with van der Waals surface area (Å²) in [5, 5.41) is 0. The first-order valence-corrected chi connectivity index (χ1v) is 10.2. The van der Waals surface area contributed by atoms with Gasteiger partial charge in [0.25, 0.3) is 0 Å². The Bertz CT molecular complexity index is 362. The van der Waals surface area contributed by atoms with Crippen LogP contribution in [0.4, 0.5) is 0 Å². The Morgan fingerprint density at radius 3 is 1.61 bits per heavy atom. The van der Waals surface area contributed by atoms with E-state index in [4.69, 9.17) is 0 Å². The Morgan fingerprint density at radius 1 is 0.696 bits per heavy atom. The average molecular weight is 323 g/mol. The van der Waals surface area contributed by atoms with E-state index in [1.807, 2.05) is 0 Å². The molecule has 138 valence electrons. The normalized spacial score (nSPS) is 26.9. The average Bonchev–Trinajstić information content (AvgIpc) is 2.34. The van der Waals surface area contributed by atoms with E-state index in [9.17, 15) is 0 Å². The molecule has 1 aliphatic rings. The number of hydrogen-bond donors (Lipinski definition) is 0. The van der Waals surface area contributed by atoms with Crippen LogP contribution in [0.5, 0.6) is 0 Å². The van der Waals surface area contributed by atoms with Gasteiger partial charge in [-0.05, 0) is 65.6 Å². The zero-order valence-electron chi connectivity index (χ0n) is 18.1. The van der Waals surface area contributed by atoms with Crippen molar-refractivity contribution in [2.75, 3.05) is 0 Å². The van der Waals surface area contributed by atoms with Gasteiger partial charge < -0.3 is 0 Å². The van der Waals surface area contributed by atoms with Gasteiger partial charge in [-0.2, -0.15) is 0 Å². The molecule has 0 aromatic heterocycles. The van der Waals surface area contributed by atoms with Crippen LogP contribution in [-0.2, 0) is 0 Å². The zero-order valence-corrected chi connectivity index (χ0v) is 18.1. The summed E-state index contributed by atoms with van der Waals surface area (Å²) in [5.74, 6) is 1.83. The van der Waals surface area contributed by atoms with Crippen LogP contribution in [0, 0.1) is 33.5 Å². The molecule has 0 radical (unpaired) electrons. The highest BCUT2D eigenvalue weighted by atomic mass is 14.5. The monoisotopic (exact) mass is 322 g/mol. The molecule has 0 heteroatoms. The molecule has 3 unspecified atom stereocenters. The largest absolute Gasteiger partial charge is 0.0649 e. The highest BCUT2D eigenvalue weighted by Crippen LogP contribution is 2.53. The van der Waals surface area contributed by atoms with Crippen molar-refractivity contribution in [1.82, 2.24) is 0 Å². The third-order valence-electron chi connectivity index (χ3n) is 6.49. The summed E-state index contributed by atoms with van der Waals surface area (Å²) in [6, 6.07) is 0. The van der Waals surface area contributed by atoms with Crippen LogP contribution in [0.1, 0.15) is 114 Å². The minimum absolute atomic E-state index is 0.440. The van der Waals surface area contributed by atoms with Crippen molar-refractivity contribution >= 4 is 0 Å². The van der Waals surface area contributed by atoms with Crippen LogP contribution < -0.4 is 0 Å². The first kappa shape index (κ1) is 21.0. The van der Waals surface area contributed by atoms with E-state index in [0.717, 1.165) is 11.8 Å². The van der Waals surface area contributed by atoms with E-state index in [1.54, 1.807) is 0 Å². The minimum Gasteiger partial charge on any atom is -0.0649 e.